The quantitative estimate of drug-likeness (QED) is 0.880. The molecule has 0 saturated carbocycles. The zero-order valence-electron chi connectivity index (χ0n) is 13.0. The Hall–Kier alpha value is -2.47. The van der Waals surface area contributed by atoms with Crippen LogP contribution >= 0.6 is 0 Å². The van der Waals surface area contributed by atoms with Crippen LogP contribution in [0.1, 0.15) is 0 Å². The number of benzene rings is 1. The molecule has 0 fully saturated rings. The minimum absolute atomic E-state index is 0.196. The first-order valence-corrected chi connectivity index (χ1v) is 6.83. The molecule has 2 N–H and O–H groups in total. The number of nitrogen functional groups attached to an aromatic ring is 1. The second-order valence-electron chi connectivity index (χ2n) is 4.69. The van der Waals surface area contributed by atoms with Gasteiger partial charge >= 0.3 is 0 Å². The van der Waals surface area contributed by atoms with Gasteiger partial charge in [0, 0.05) is 19.2 Å². The van der Waals surface area contributed by atoms with Crippen molar-refractivity contribution in [1.82, 2.24) is 4.57 Å². The lowest BCUT2D eigenvalue weighted by molar-refractivity contribution is 0.186. The van der Waals surface area contributed by atoms with Gasteiger partial charge in [-0.15, -0.1) is 0 Å². The summed E-state index contributed by atoms with van der Waals surface area (Å²) in [6, 6.07) is 8.82. The Kier molecular flexibility index (Phi) is 5.06. The third-order valence-corrected chi connectivity index (χ3v) is 3.41. The molecule has 0 radical (unpaired) electrons. The second-order valence-corrected chi connectivity index (χ2v) is 4.69. The Balaban J connectivity index is 2.66. The number of hydrogen-bond donors (Lipinski definition) is 1. The van der Waals surface area contributed by atoms with Gasteiger partial charge in [0.05, 0.1) is 32.2 Å². The molecule has 0 amide bonds. The molecule has 6 heteroatoms. The van der Waals surface area contributed by atoms with Crippen molar-refractivity contribution in [2.24, 2.45) is 0 Å². The molecule has 1 aromatic heterocycles. The van der Waals surface area contributed by atoms with E-state index in [4.69, 9.17) is 19.9 Å². The SMILES string of the molecule is COCCn1c(-c2cc(OC)ccc2OC)ccc(N)c1=O. The normalized spacial score (nSPS) is 10.5. The Labute approximate surface area is 129 Å². The molecule has 0 saturated heterocycles. The van der Waals surface area contributed by atoms with Crippen molar-refractivity contribution in [1.29, 1.82) is 0 Å². The van der Waals surface area contributed by atoms with Crippen molar-refractivity contribution in [3.63, 3.8) is 0 Å². The number of ether oxygens (including phenoxy) is 3. The van der Waals surface area contributed by atoms with Crippen molar-refractivity contribution in [2.75, 3.05) is 33.7 Å². The molecule has 0 atom stereocenters. The van der Waals surface area contributed by atoms with Crippen molar-refractivity contribution in [3.05, 3.63) is 40.7 Å². The topological polar surface area (TPSA) is 75.7 Å². The Morgan fingerprint density at radius 2 is 1.86 bits per heavy atom. The summed E-state index contributed by atoms with van der Waals surface area (Å²) >= 11 is 0. The van der Waals surface area contributed by atoms with Gasteiger partial charge in [0.2, 0.25) is 0 Å². The summed E-state index contributed by atoms with van der Waals surface area (Å²) < 4.78 is 17.3. The number of aromatic nitrogens is 1. The molecular weight excluding hydrogens is 284 g/mol. The molecule has 6 nitrogen and oxygen atoms in total. The molecule has 0 aliphatic heterocycles. The zero-order chi connectivity index (χ0) is 16.1. The van der Waals surface area contributed by atoms with E-state index >= 15 is 0 Å². The summed E-state index contributed by atoms with van der Waals surface area (Å²) in [6.07, 6.45) is 0. The summed E-state index contributed by atoms with van der Waals surface area (Å²) in [5.74, 6) is 1.33. The van der Waals surface area contributed by atoms with Gasteiger partial charge in [0.25, 0.3) is 5.56 Å². The third-order valence-electron chi connectivity index (χ3n) is 3.41. The maximum atomic E-state index is 12.3. The van der Waals surface area contributed by atoms with Crippen LogP contribution in [0.4, 0.5) is 5.69 Å². The number of nitrogens with two attached hydrogens (primary N) is 1. The van der Waals surface area contributed by atoms with E-state index in [0.717, 1.165) is 5.56 Å². The van der Waals surface area contributed by atoms with Crippen LogP contribution in [0.5, 0.6) is 11.5 Å². The van der Waals surface area contributed by atoms with Crippen LogP contribution in [0.3, 0.4) is 0 Å². The number of pyridine rings is 1. The molecule has 0 spiro atoms. The first-order chi connectivity index (χ1) is 10.6. The molecule has 1 aromatic carbocycles. The highest BCUT2D eigenvalue weighted by Crippen LogP contribution is 2.33. The molecule has 0 unspecified atom stereocenters. The molecule has 0 bridgehead atoms. The number of hydrogen-bond acceptors (Lipinski definition) is 5. The van der Waals surface area contributed by atoms with E-state index in [1.165, 1.54) is 0 Å². The number of anilines is 1. The molecule has 22 heavy (non-hydrogen) atoms. The lowest BCUT2D eigenvalue weighted by Crippen LogP contribution is -2.26. The maximum absolute atomic E-state index is 12.3. The lowest BCUT2D eigenvalue weighted by Gasteiger charge is -2.16. The summed E-state index contributed by atoms with van der Waals surface area (Å²) in [5.41, 5.74) is 7.14. The fourth-order valence-electron chi connectivity index (χ4n) is 2.25. The molecule has 0 aliphatic carbocycles. The minimum atomic E-state index is -0.251. The highest BCUT2D eigenvalue weighted by Gasteiger charge is 2.14. The van der Waals surface area contributed by atoms with Crippen molar-refractivity contribution in [2.45, 2.75) is 6.54 Å². The Morgan fingerprint density at radius 1 is 1.09 bits per heavy atom. The van der Waals surface area contributed by atoms with E-state index in [0.29, 0.717) is 30.3 Å². The van der Waals surface area contributed by atoms with Crippen molar-refractivity contribution >= 4 is 5.69 Å². The average molecular weight is 304 g/mol. The van der Waals surface area contributed by atoms with Crippen LogP contribution in [0, 0.1) is 0 Å². The van der Waals surface area contributed by atoms with E-state index in [9.17, 15) is 4.79 Å². The summed E-state index contributed by atoms with van der Waals surface area (Å²) in [5, 5.41) is 0. The van der Waals surface area contributed by atoms with Gasteiger partial charge in [0.1, 0.15) is 11.5 Å². The molecule has 0 aliphatic rings. The number of methoxy groups -OCH3 is 3. The number of rotatable bonds is 6. The summed E-state index contributed by atoms with van der Waals surface area (Å²) in [7, 11) is 4.76. The van der Waals surface area contributed by atoms with E-state index in [1.54, 1.807) is 50.2 Å². The smallest absolute Gasteiger partial charge is 0.274 e. The largest absolute Gasteiger partial charge is 0.497 e. The third kappa shape index (κ3) is 3.07. The molecular formula is C16H20N2O4. The van der Waals surface area contributed by atoms with E-state index in [1.807, 2.05) is 6.07 Å². The van der Waals surface area contributed by atoms with Gasteiger partial charge in [-0.3, -0.25) is 4.79 Å². The van der Waals surface area contributed by atoms with Crippen molar-refractivity contribution < 1.29 is 14.2 Å². The predicted octanol–water partition coefficient (Wildman–Crippen LogP) is 1.76. The first kappa shape index (κ1) is 15.9. The molecule has 2 rings (SSSR count). The average Bonchev–Trinajstić information content (AvgIpc) is 2.55. The van der Waals surface area contributed by atoms with Gasteiger partial charge in [-0.25, -0.2) is 0 Å². The first-order valence-electron chi connectivity index (χ1n) is 6.83. The standard InChI is InChI=1S/C16H20N2O4/c1-20-9-8-18-14(6-5-13(17)16(18)19)12-10-11(21-2)4-7-15(12)22-3/h4-7,10H,8-9,17H2,1-3H3. The minimum Gasteiger partial charge on any atom is -0.497 e. The highest BCUT2D eigenvalue weighted by molar-refractivity contribution is 5.70. The van der Waals surface area contributed by atoms with Gasteiger partial charge in [-0.2, -0.15) is 0 Å². The summed E-state index contributed by atoms with van der Waals surface area (Å²) in [6.45, 7) is 0.804. The van der Waals surface area contributed by atoms with Crippen LogP contribution in [0.15, 0.2) is 35.1 Å². The van der Waals surface area contributed by atoms with E-state index in [-0.39, 0.29) is 11.2 Å². The monoisotopic (exact) mass is 304 g/mol. The zero-order valence-corrected chi connectivity index (χ0v) is 13.0. The van der Waals surface area contributed by atoms with E-state index < -0.39 is 0 Å². The molecule has 2 aromatic rings. The van der Waals surface area contributed by atoms with Crippen LogP contribution in [0.25, 0.3) is 11.3 Å². The Bertz CT molecular complexity index is 710. The van der Waals surface area contributed by atoms with Gasteiger partial charge in [0.15, 0.2) is 0 Å². The van der Waals surface area contributed by atoms with Crippen LogP contribution in [-0.4, -0.2) is 32.5 Å². The summed E-state index contributed by atoms with van der Waals surface area (Å²) in [4.78, 5) is 12.3. The Morgan fingerprint density at radius 3 is 2.50 bits per heavy atom. The van der Waals surface area contributed by atoms with Crippen molar-refractivity contribution in [3.8, 4) is 22.8 Å². The molecule has 118 valence electrons. The van der Waals surface area contributed by atoms with Crippen LogP contribution in [-0.2, 0) is 11.3 Å². The lowest BCUT2D eigenvalue weighted by atomic mass is 10.1. The highest BCUT2D eigenvalue weighted by atomic mass is 16.5. The maximum Gasteiger partial charge on any atom is 0.274 e. The fraction of sp³-hybridized carbons (Fsp3) is 0.312. The second kappa shape index (κ2) is 7.00. The van der Waals surface area contributed by atoms with Crippen LogP contribution < -0.4 is 20.8 Å². The van der Waals surface area contributed by atoms with Gasteiger partial charge in [-0.1, -0.05) is 0 Å². The molecule has 1 heterocycles. The van der Waals surface area contributed by atoms with Gasteiger partial charge < -0.3 is 24.5 Å². The van der Waals surface area contributed by atoms with Crippen LogP contribution in [0.2, 0.25) is 0 Å². The predicted molar refractivity (Wildman–Crippen MR) is 85.5 cm³/mol. The number of nitrogens with zero attached hydrogens (tertiary/aromatic N) is 1. The van der Waals surface area contributed by atoms with E-state index in [2.05, 4.69) is 0 Å². The fourth-order valence-corrected chi connectivity index (χ4v) is 2.25. The van der Waals surface area contributed by atoms with Gasteiger partial charge in [-0.05, 0) is 30.3 Å².